The molecule has 0 aromatic heterocycles. The van der Waals surface area contributed by atoms with Crippen molar-refractivity contribution in [2.75, 3.05) is 19.6 Å². The molecular weight excluding hydrogens is 372 g/mol. The summed E-state index contributed by atoms with van der Waals surface area (Å²) in [6.45, 7) is 9.43. The first-order chi connectivity index (χ1) is 14.7. The fourth-order valence-corrected chi connectivity index (χ4v) is 4.25. The highest BCUT2D eigenvalue weighted by molar-refractivity contribution is 5.86. The van der Waals surface area contributed by atoms with Gasteiger partial charge in [0.1, 0.15) is 0 Å². The Kier molecular flexibility index (Phi) is 8.12. The zero-order valence-corrected chi connectivity index (χ0v) is 18.7. The van der Waals surface area contributed by atoms with Gasteiger partial charge in [-0.05, 0) is 48.9 Å². The number of hydrogen-bond donors (Lipinski definition) is 2. The molecule has 2 N–H and O–H groups in total. The quantitative estimate of drug-likeness (QED) is 0.530. The van der Waals surface area contributed by atoms with Gasteiger partial charge in [-0.1, -0.05) is 56.3 Å². The van der Waals surface area contributed by atoms with Crippen molar-refractivity contribution < 1.29 is 4.79 Å². The van der Waals surface area contributed by atoms with Crippen LogP contribution in [-0.2, 0) is 11.3 Å². The van der Waals surface area contributed by atoms with Gasteiger partial charge in [0.25, 0.3) is 0 Å². The summed E-state index contributed by atoms with van der Waals surface area (Å²) in [5, 5.41) is 9.47. The van der Waals surface area contributed by atoms with Gasteiger partial charge in [-0.25, -0.2) is 4.99 Å². The number of amides is 1. The molecular formula is C25H36N4O. The Bertz CT molecular complexity index is 846. The molecule has 0 atom stereocenters. The first kappa shape index (κ1) is 22.1. The van der Waals surface area contributed by atoms with E-state index < -0.39 is 0 Å². The van der Waals surface area contributed by atoms with Gasteiger partial charge in [0.2, 0.25) is 5.91 Å². The molecule has 2 aromatic carbocycles. The van der Waals surface area contributed by atoms with E-state index in [0.717, 1.165) is 51.3 Å². The smallest absolute Gasteiger partial charge is 0.225 e. The normalized spacial score (nSPS) is 15.6. The Labute approximate surface area is 180 Å². The monoisotopic (exact) mass is 408 g/mol. The maximum atomic E-state index is 12.6. The van der Waals surface area contributed by atoms with Crippen LogP contribution in [0.5, 0.6) is 0 Å². The predicted molar refractivity (Wildman–Crippen MR) is 126 cm³/mol. The third kappa shape index (κ3) is 5.53. The zero-order valence-electron chi connectivity index (χ0n) is 18.7. The van der Waals surface area contributed by atoms with E-state index in [2.05, 4.69) is 78.8 Å². The van der Waals surface area contributed by atoms with Crippen LogP contribution >= 0.6 is 0 Å². The third-order valence-corrected chi connectivity index (χ3v) is 6.11. The second kappa shape index (κ2) is 11.0. The molecule has 1 amide bonds. The number of hydrogen-bond acceptors (Lipinski definition) is 2. The summed E-state index contributed by atoms with van der Waals surface area (Å²) in [6.07, 6.45) is 3.78. The lowest BCUT2D eigenvalue weighted by atomic mass is 9.98. The van der Waals surface area contributed by atoms with Gasteiger partial charge in [-0.3, -0.25) is 4.79 Å². The molecule has 0 bridgehead atoms. The molecule has 5 heteroatoms. The molecule has 0 spiro atoms. The predicted octanol–water partition coefficient (Wildman–Crippen LogP) is 4.32. The minimum absolute atomic E-state index is 0.175. The van der Waals surface area contributed by atoms with E-state index in [-0.39, 0.29) is 5.92 Å². The van der Waals surface area contributed by atoms with E-state index >= 15 is 0 Å². The van der Waals surface area contributed by atoms with Gasteiger partial charge < -0.3 is 15.5 Å². The summed E-state index contributed by atoms with van der Waals surface area (Å²) in [6, 6.07) is 15.2. The number of benzene rings is 2. The van der Waals surface area contributed by atoms with Gasteiger partial charge >= 0.3 is 0 Å². The maximum Gasteiger partial charge on any atom is 0.225 e. The van der Waals surface area contributed by atoms with Gasteiger partial charge in [-0.15, -0.1) is 0 Å². The van der Waals surface area contributed by atoms with Crippen LogP contribution in [0.15, 0.2) is 47.5 Å². The van der Waals surface area contributed by atoms with Crippen molar-refractivity contribution in [1.29, 1.82) is 0 Å². The Balaban J connectivity index is 1.60. The molecule has 1 saturated heterocycles. The lowest BCUT2D eigenvalue weighted by Gasteiger charge is -2.34. The molecule has 1 heterocycles. The lowest BCUT2D eigenvalue weighted by molar-refractivity contribution is -0.136. The van der Waals surface area contributed by atoms with Gasteiger partial charge in [0.15, 0.2) is 5.96 Å². The van der Waals surface area contributed by atoms with Crippen LogP contribution < -0.4 is 10.6 Å². The molecule has 0 unspecified atom stereocenters. The van der Waals surface area contributed by atoms with E-state index in [0.29, 0.717) is 18.5 Å². The SMILES string of the molecule is CCNC(=NCc1cccc2ccccc12)NC1CCN(C(=O)C(CC)CC)CC1. The van der Waals surface area contributed by atoms with Crippen molar-refractivity contribution in [2.24, 2.45) is 10.9 Å². The van der Waals surface area contributed by atoms with Crippen molar-refractivity contribution in [2.45, 2.75) is 59.0 Å². The van der Waals surface area contributed by atoms with Crippen LogP contribution in [0.25, 0.3) is 10.8 Å². The number of carbonyl (C=O) groups is 1. The van der Waals surface area contributed by atoms with Crippen LogP contribution in [0.3, 0.4) is 0 Å². The number of rotatable bonds is 7. The maximum absolute atomic E-state index is 12.6. The molecule has 162 valence electrons. The van der Waals surface area contributed by atoms with E-state index in [1.54, 1.807) is 0 Å². The largest absolute Gasteiger partial charge is 0.357 e. The number of carbonyl (C=O) groups excluding carboxylic acids is 1. The van der Waals surface area contributed by atoms with Crippen molar-refractivity contribution in [3.05, 3.63) is 48.0 Å². The molecule has 0 aliphatic carbocycles. The zero-order chi connectivity index (χ0) is 21.3. The number of fused-ring (bicyclic) bond motifs is 1. The second-order valence-corrected chi connectivity index (χ2v) is 8.09. The molecule has 0 saturated carbocycles. The van der Waals surface area contributed by atoms with Gasteiger partial charge in [-0.2, -0.15) is 0 Å². The van der Waals surface area contributed by atoms with E-state index in [9.17, 15) is 4.79 Å². The van der Waals surface area contributed by atoms with Crippen LogP contribution in [0, 0.1) is 5.92 Å². The van der Waals surface area contributed by atoms with Crippen LogP contribution in [-0.4, -0.2) is 42.4 Å². The third-order valence-electron chi connectivity index (χ3n) is 6.11. The number of aliphatic imine (C=N–C) groups is 1. The summed E-state index contributed by atoms with van der Waals surface area (Å²) < 4.78 is 0. The Morgan fingerprint density at radius 1 is 1.07 bits per heavy atom. The fourth-order valence-electron chi connectivity index (χ4n) is 4.25. The summed E-state index contributed by atoms with van der Waals surface area (Å²) >= 11 is 0. The number of likely N-dealkylation sites (tertiary alicyclic amines) is 1. The van der Waals surface area contributed by atoms with Crippen LogP contribution in [0.2, 0.25) is 0 Å². The van der Waals surface area contributed by atoms with E-state index in [1.165, 1.54) is 16.3 Å². The minimum Gasteiger partial charge on any atom is -0.357 e. The molecule has 1 fully saturated rings. The Morgan fingerprint density at radius 3 is 2.47 bits per heavy atom. The number of guanidine groups is 1. The number of nitrogens with one attached hydrogen (secondary N) is 2. The number of piperidine rings is 1. The van der Waals surface area contributed by atoms with E-state index in [4.69, 9.17) is 4.99 Å². The highest BCUT2D eigenvalue weighted by Crippen LogP contribution is 2.20. The molecule has 1 aliphatic rings. The summed E-state index contributed by atoms with van der Waals surface area (Å²) in [5.41, 5.74) is 1.23. The molecule has 5 nitrogen and oxygen atoms in total. The standard InChI is InChI=1S/C25H36N4O/c1-4-19(5-2)24(30)29-16-14-22(15-17-29)28-25(26-6-3)27-18-21-12-9-11-20-10-7-8-13-23(20)21/h7-13,19,22H,4-6,14-18H2,1-3H3,(H2,26,27,28). The molecule has 30 heavy (non-hydrogen) atoms. The Morgan fingerprint density at radius 2 is 1.77 bits per heavy atom. The van der Waals surface area contributed by atoms with Gasteiger partial charge in [0, 0.05) is 31.6 Å². The topological polar surface area (TPSA) is 56.7 Å². The average molecular weight is 409 g/mol. The molecule has 3 rings (SSSR count). The first-order valence-corrected chi connectivity index (χ1v) is 11.5. The average Bonchev–Trinajstić information content (AvgIpc) is 2.79. The summed E-state index contributed by atoms with van der Waals surface area (Å²) in [7, 11) is 0. The number of nitrogens with zero attached hydrogens (tertiary/aromatic N) is 2. The fraction of sp³-hybridized carbons (Fsp3) is 0.520. The highest BCUT2D eigenvalue weighted by Gasteiger charge is 2.26. The first-order valence-electron chi connectivity index (χ1n) is 11.5. The molecule has 1 aliphatic heterocycles. The van der Waals surface area contributed by atoms with Crippen molar-refractivity contribution in [3.63, 3.8) is 0 Å². The summed E-state index contributed by atoms with van der Waals surface area (Å²) in [4.78, 5) is 19.5. The van der Waals surface area contributed by atoms with Crippen molar-refractivity contribution in [1.82, 2.24) is 15.5 Å². The molecule has 0 radical (unpaired) electrons. The van der Waals surface area contributed by atoms with Crippen molar-refractivity contribution in [3.8, 4) is 0 Å². The molecule has 2 aromatic rings. The summed E-state index contributed by atoms with van der Waals surface area (Å²) in [5.74, 6) is 1.36. The van der Waals surface area contributed by atoms with Gasteiger partial charge in [0.05, 0.1) is 6.54 Å². The second-order valence-electron chi connectivity index (χ2n) is 8.09. The minimum atomic E-state index is 0.175. The Hall–Kier alpha value is -2.56. The van der Waals surface area contributed by atoms with Crippen LogP contribution in [0.1, 0.15) is 52.0 Å². The van der Waals surface area contributed by atoms with Crippen LogP contribution in [0.4, 0.5) is 0 Å². The van der Waals surface area contributed by atoms with Crippen molar-refractivity contribution >= 4 is 22.6 Å². The lowest BCUT2D eigenvalue weighted by Crippen LogP contribution is -2.50. The van der Waals surface area contributed by atoms with E-state index in [1.807, 2.05) is 0 Å². The highest BCUT2D eigenvalue weighted by atomic mass is 16.2.